The molecule has 0 radical (unpaired) electrons. The first kappa shape index (κ1) is 29.7. The van der Waals surface area contributed by atoms with Gasteiger partial charge in [0, 0.05) is 38.1 Å². The highest BCUT2D eigenvalue weighted by Gasteiger charge is 2.24. The van der Waals surface area contributed by atoms with Gasteiger partial charge < -0.3 is 25.0 Å². The van der Waals surface area contributed by atoms with Gasteiger partial charge in [0.2, 0.25) is 0 Å². The van der Waals surface area contributed by atoms with Crippen LogP contribution in [0.1, 0.15) is 38.8 Å². The van der Waals surface area contributed by atoms with E-state index in [9.17, 15) is 10.2 Å². The average Bonchev–Trinajstić information content (AvgIpc) is 2.88. The zero-order valence-electron chi connectivity index (χ0n) is 21.3. The van der Waals surface area contributed by atoms with Crippen molar-refractivity contribution in [2.75, 3.05) is 51.8 Å². The fourth-order valence-electron chi connectivity index (χ4n) is 3.81. The lowest BCUT2D eigenvalue weighted by atomic mass is 9.78. The molecular weight excluding hydrogens is 487 g/mol. The summed E-state index contributed by atoms with van der Waals surface area (Å²) in [5.74, 6) is 1.36. The smallest absolute Gasteiger partial charge is 0.138 e. The Kier molecular flexibility index (Phi) is 12.6. The maximum atomic E-state index is 10.3. The van der Waals surface area contributed by atoms with E-state index in [1.807, 2.05) is 56.3 Å². The molecule has 1 aliphatic rings. The molecule has 2 aromatic rings. The van der Waals surface area contributed by atoms with Gasteiger partial charge in [0.1, 0.15) is 36.9 Å². The quantitative estimate of drug-likeness (QED) is 0.378. The van der Waals surface area contributed by atoms with Crippen molar-refractivity contribution >= 4 is 23.2 Å². The van der Waals surface area contributed by atoms with Crippen molar-refractivity contribution in [1.82, 2.24) is 10.2 Å². The van der Waals surface area contributed by atoms with Crippen LogP contribution in [0.5, 0.6) is 11.5 Å². The molecule has 2 atom stereocenters. The second-order valence-electron chi connectivity index (χ2n) is 8.93. The molecular formula is C27H40Cl2N2O4. The number of aliphatic hydroxyl groups is 2. The van der Waals surface area contributed by atoms with Gasteiger partial charge in [-0.2, -0.15) is 0 Å². The Morgan fingerprint density at radius 2 is 1.54 bits per heavy atom. The highest BCUT2D eigenvalue weighted by atomic mass is 35.5. The molecule has 1 saturated heterocycles. The number of ether oxygens (including phenoxy) is 2. The number of piperazine rings is 1. The number of nitrogens with zero attached hydrogens (tertiary/aromatic N) is 1. The van der Waals surface area contributed by atoms with Crippen LogP contribution in [0, 0.1) is 0 Å². The van der Waals surface area contributed by atoms with E-state index in [2.05, 4.69) is 24.1 Å². The lowest BCUT2D eigenvalue weighted by Gasteiger charge is -2.29. The topological polar surface area (TPSA) is 74.2 Å². The summed E-state index contributed by atoms with van der Waals surface area (Å²) >= 11 is 12.0. The van der Waals surface area contributed by atoms with Crippen LogP contribution in [0.3, 0.4) is 0 Å². The van der Waals surface area contributed by atoms with Crippen LogP contribution >= 0.6 is 23.2 Å². The summed E-state index contributed by atoms with van der Waals surface area (Å²) in [4.78, 5) is 2.25. The van der Waals surface area contributed by atoms with Gasteiger partial charge in [0.05, 0.1) is 10.9 Å². The number of nitrogens with one attached hydrogen (secondary N) is 1. The molecule has 196 valence electrons. The van der Waals surface area contributed by atoms with E-state index in [4.69, 9.17) is 32.7 Å². The molecule has 0 amide bonds. The fraction of sp³-hybridized carbons (Fsp3) is 0.556. The molecule has 0 bridgehead atoms. The molecule has 2 aromatic carbocycles. The third-order valence-corrected chi connectivity index (χ3v) is 6.61. The number of hydrogen-bond acceptors (Lipinski definition) is 6. The summed E-state index contributed by atoms with van der Waals surface area (Å²) in [5.41, 5.74) is 1.86. The lowest BCUT2D eigenvalue weighted by Crippen LogP contribution is -2.47. The van der Waals surface area contributed by atoms with Crippen molar-refractivity contribution in [3.8, 4) is 11.5 Å². The Morgan fingerprint density at radius 1 is 0.943 bits per heavy atom. The minimum atomic E-state index is -0.734. The van der Waals surface area contributed by atoms with E-state index in [-0.39, 0.29) is 24.5 Å². The zero-order chi connectivity index (χ0) is 25.8. The first-order valence-corrected chi connectivity index (χ1v) is 13.2. The van der Waals surface area contributed by atoms with Crippen molar-refractivity contribution in [3.63, 3.8) is 0 Å². The average molecular weight is 528 g/mol. The maximum Gasteiger partial charge on any atom is 0.138 e. The summed E-state index contributed by atoms with van der Waals surface area (Å²) < 4.78 is 11.4. The van der Waals surface area contributed by atoms with E-state index >= 15 is 0 Å². The van der Waals surface area contributed by atoms with Crippen molar-refractivity contribution in [1.29, 1.82) is 0 Å². The molecule has 1 heterocycles. The Bertz CT molecular complexity index is 874. The molecule has 0 saturated carbocycles. The molecule has 1 aliphatic heterocycles. The molecule has 1 fully saturated rings. The predicted octanol–water partition coefficient (Wildman–Crippen LogP) is 4.32. The summed E-state index contributed by atoms with van der Waals surface area (Å²) in [6.07, 6.45) is -1.25. The third-order valence-electron chi connectivity index (χ3n) is 5.96. The number of hydrogen-bond donors (Lipinski definition) is 3. The van der Waals surface area contributed by atoms with E-state index in [0.29, 0.717) is 17.3 Å². The largest absolute Gasteiger partial charge is 0.491 e. The van der Waals surface area contributed by atoms with E-state index in [0.717, 1.165) is 43.1 Å². The van der Waals surface area contributed by atoms with Crippen LogP contribution in [0.2, 0.25) is 5.02 Å². The van der Waals surface area contributed by atoms with Crippen LogP contribution < -0.4 is 14.8 Å². The molecule has 35 heavy (non-hydrogen) atoms. The van der Waals surface area contributed by atoms with Gasteiger partial charge in [0.25, 0.3) is 0 Å². The van der Waals surface area contributed by atoms with Crippen LogP contribution in [-0.4, -0.2) is 79.1 Å². The normalized spacial score (nSPS) is 16.1. The zero-order valence-corrected chi connectivity index (χ0v) is 22.8. The van der Waals surface area contributed by atoms with E-state index in [1.54, 1.807) is 0 Å². The summed E-state index contributed by atoms with van der Waals surface area (Å²) in [6.45, 7) is 13.1. The van der Waals surface area contributed by atoms with Crippen LogP contribution in [0.15, 0.2) is 42.5 Å². The molecule has 0 spiro atoms. The number of aliphatic hydroxyl groups excluding tert-OH is 2. The van der Waals surface area contributed by atoms with Gasteiger partial charge in [-0.3, -0.25) is 4.90 Å². The number of halogens is 2. The Balaban J connectivity index is 0.00000210. The van der Waals surface area contributed by atoms with Crippen molar-refractivity contribution in [2.24, 2.45) is 0 Å². The Labute approximate surface area is 220 Å². The summed E-state index contributed by atoms with van der Waals surface area (Å²) in [7, 11) is 0. The van der Waals surface area contributed by atoms with Crippen molar-refractivity contribution < 1.29 is 19.7 Å². The SMILES string of the molecule is CC.CC(C)(c1ccc(OCC(O)CN2CCNCC2)cc1)c1ccc(OCC(O)CCl)c(Cl)c1. The van der Waals surface area contributed by atoms with Crippen LogP contribution in [0.25, 0.3) is 0 Å². The number of rotatable bonds is 11. The van der Waals surface area contributed by atoms with Crippen molar-refractivity contribution in [2.45, 2.75) is 45.3 Å². The number of benzene rings is 2. The van der Waals surface area contributed by atoms with Crippen LogP contribution in [-0.2, 0) is 5.41 Å². The van der Waals surface area contributed by atoms with Gasteiger partial charge in [0.15, 0.2) is 0 Å². The van der Waals surface area contributed by atoms with Gasteiger partial charge >= 0.3 is 0 Å². The number of alkyl halides is 1. The number of β-amino-alcohol motifs (C(OH)–C–C–N with tert-alkyl or cyclic N) is 1. The minimum Gasteiger partial charge on any atom is -0.491 e. The summed E-state index contributed by atoms with van der Waals surface area (Å²) in [5, 5.41) is 23.7. The molecule has 3 N–H and O–H groups in total. The Hall–Kier alpha value is -1.54. The molecule has 8 heteroatoms. The minimum absolute atomic E-state index is 0.0946. The van der Waals surface area contributed by atoms with Crippen LogP contribution in [0.4, 0.5) is 0 Å². The van der Waals surface area contributed by atoms with Gasteiger partial charge in [-0.1, -0.05) is 57.5 Å². The standard InChI is InChI=1S/C25H34Cl2N2O4.C2H6/c1-25(2,19-5-8-24(23(27)13-19)33-16-20(30)14-26)18-3-6-22(7-4-18)32-17-21(31)15-29-11-9-28-10-12-29;1-2/h3-8,13,20-21,28,30-31H,9-12,14-17H2,1-2H3;1-2H3. The maximum absolute atomic E-state index is 10.3. The first-order valence-electron chi connectivity index (χ1n) is 12.3. The Morgan fingerprint density at radius 3 is 2.14 bits per heavy atom. The van der Waals surface area contributed by atoms with E-state index < -0.39 is 12.2 Å². The monoisotopic (exact) mass is 526 g/mol. The third kappa shape index (κ3) is 9.12. The first-order chi connectivity index (χ1) is 16.8. The molecule has 3 rings (SSSR count). The summed E-state index contributed by atoms with van der Waals surface area (Å²) in [6, 6.07) is 13.6. The molecule has 2 unspecified atom stereocenters. The predicted molar refractivity (Wildman–Crippen MR) is 144 cm³/mol. The highest BCUT2D eigenvalue weighted by Crippen LogP contribution is 2.36. The van der Waals surface area contributed by atoms with Crippen molar-refractivity contribution in [3.05, 3.63) is 58.6 Å². The van der Waals surface area contributed by atoms with Gasteiger partial charge in [-0.25, -0.2) is 0 Å². The second-order valence-corrected chi connectivity index (χ2v) is 9.64. The molecule has 0 aliphatic carbocycles. The van der Waals surface area contributed by atoms with E-state index in [1.165, 1.54) is 0 Å². The lowest BCUT2D eigenvalue weighted by molar-refractivity contribution is 0.0641. The highest BCUT2D eigenvalue weighted by molar-refractivity contribution is 6.32. The second kappa shape index (κ2) is 14.9. The fourth-order valence-corrected chi connectivity index (χ4v) is 4.13. The van der Waals surface area contributed by atoms with Gasteiger partial charge in [-0.05, 0) is 35.4 Å². The van der Waals surface area contributed by atoms with Gasteiger partial charge in [-0.15, -0.1) is 11.6 Å². The molecule has 0 aromatic heterocycles. The molecule has 6 nitrogen and oxygen atoms in total.